The largest absolute Gasteiger partial charge is 0.380 e. The Labute approximate surface area is 279 Å². The summed E-state index contributed by atoms with van der Waals surface area (Å²) < 4.78 is 36.2. The summed E-state index contributed by atoms with van der Waals surface area (Å²) >= 11 is 1.30. The molecule has 2 heterocycles. The van der Waals surface area contributed by atoms with Crippen LogP contribution in [0.4, 0.5) is 20.3 Å². The number of H-pyrrole nitrogens is 1. The summed E-state index contributed by atoms with van der Waals surface area (Å²) in [6.45, 7) is 19.2. The van der Waals surface area contributed by atoms with E-state index in [1.807, 2.05) is 26.8 Å². The first-order valence-corrected chi connectivity index (χ1v) is 17.4. The van der Waals surface area contributed by atoms with Crippen molar-refractivity contribution in [3.05, 3.63) is 82.1 Å². The monoisotopic (exact) mass is 654 g/mol. The minimum absolute atomic E-state index is 0.104. The standard InChI is InChI=1S/C34H46F2N6OS.C2H6/c1-10-20(3)31(29(11-2)42-19-25(43-8)15-12-22(42)5)32(24-13-14-24)34(38-30-16-21(4)39-40-30)37-23(6)41(7)33-27(35)17-26(44-9)18-28(33)36;1-2/h11,16-18,24-25H,5,10,12-15,19H2,1-4,6-9H3,(H2,38,39,40);1-2H3/b29-11-,31-20+,34-32+,37-23+;. The molecule has 1 saturated carbocycles. The van der Waals surface area contributed by atoms with E-state index in [4.69, 9.17) is 9.73 Å². The van der Waals surface area contributed by atoms with Crippen molar-refractivity contribution >= 4 is 29.1 Å². The number of halogens is 2. The molecule has 1 aromatic heterocycles. The normalized spacial score (nSPS) is 18.5. The van der Waals surface area contributed by atoms with Crippen LogP contribution in [-0.2, 0) is 4.74 Å². The van der Waals surface area contributed by atoms with E-state index in [0.29, 0.717) is 28.9 Å². The Bertz CT molecular complexity index is 1480. The predicted molar refractivity (Wildman–Crippen MR) is 190 cm³/mol. The first-order valence-electron chi connectivity index (χ1n) is 16.2. The highest BCUT2D eigenvalue weighted by Crippen LogP contribution is 2.47. The van der Waals surface area contributed by atoms with E-state index in [-0.39, 0.29) is 17.7 Å². The van der Waals surface area contributed by atoms with Crippen molar-refractivity contribution in [3.8, 4) is 0 Å². The van der Waals surface area contributed by atoms with Gasteiger partial charge in [-0.2, -0.15) is 5.10 Å². The molecule has 252 valence electrons. The highest BCUT2D eigenvalue weighted by atomic mass is 32.2. The molecule has 1 atom stereocenters. The van der Waals surface area contributed by atoms with Gasteiger partial charge in [-0.15, -0.1) is 11.8 Å². The number of amidine groups is 1. The van der Waals surface area contributed by atoms with Gasteiger partial charge in [0, 0.05) is 59.9 Å². The minimum Gasteiger partial charge on any atom is -0.380 e. The third kappa shape index (κ3) is 8.70. The number of rotatable bonds is 11. The molecule has 2 aliphatic rings. The number of ether oxygens (including phenoxy) is 1. The second-order valence-corrected chi connectivity index (χ2v) is 12.4. The molecule has 2 N–H and O–H groups in total. The molecule has 1 aromatic carbocycles. The van der Waals surface area contributed by atoms with E-state index in [1.165, 1.54) is 34.4 Å². The molecule has 1 aliphatic heterocycles. The fourth-order valence-electron chi connectivity index (χ4n) is 5.57. The molecule has 2 fully saturated rings. The Kier molecular flexibility index (Phi) is 13.7. The van der Waals surface area contributed by atoms with Crippen LogP contribution in [-0.4, -0.2) is 54.0 Å². The number of aliphatic imine (C=N–C) groups is 1. The molecule has 1 aliphatic carbocycles. The zero-order chi connectivity index (χ0) is 34.1. The number of nitrogens with one attached hydrogen (secondary N) is 2. The quantitative estimate of drug-likeness (QED) is 0.109. The number of allylic oxidation sites excluding steroid dienone is 4. The number of anilines is 2. The van der Waals surface area contributed by atoms with Crippen LogP contribution >= 0.6 is 11.8 Å². The zero-order valence-corrected chi connectivity index (χ0v) is 30.1. The number of benzene rings is 1. The van der Waals surface area contributed by atoms with E-state index in [2.05, 4.69) is 53.8 Å². The molecule has 10 heteroatoms. The van der Waals surface area contributed by atoms with Crippen LogP contribution in [0, 0.1) is 24.5 Å². The number of thioether (sulfide) groups is 1. The maximum atomic E-state index is 15.2. The van der Waals surface area contributed by atoms with Crippen molar-refractivity contribution in [3.63, 3.8) is 0 Å². The van der Waals surface area contributed by atoms with Gasteiger partial charge in [0.15, 0.2) is 17.5 Å². The van der Waals surface area contributed by atoms with Gasteiger partial charge < -0.3 is 19.9 Å². The van der Waals surface area contributed by atoms with E-state index < -0.39 is 11.6 Å². The van der Waals surface area contributed by atoms with Gasteiger partial charge in [0.1, 0.15) is 17.3 Å². The number of hydrogen-bond acceptors (Lipinski definition) is 6. The second kappa shape index (κ2) is 17.0. The van der Waals surface area contributed by atoms with E-state index in [9.17, 15) is 0 Å². The van der Waals surface area contributed by atoms with Gasteiger partial charge in [0.2, 0.25) is 0 Å². The Morgan fingerprint density at radius 3 is 2.37 bits per heavy atom. The molecule has 0 bridgehead atoms. The van der Waals surface area contributed by atoms with Gasteiger partial charge in [-0.25, -0.2) is 13.8 Å². The lowest BCUT2D eigenvalue weighted by molar-refractivity contribution is 0.0586. The smallest absolute Gasteiger partial charge is 0.153 e. The summed E-state index contributed by atoms with van der Waals surface area (Å²) in [6.07, 6.45) is 8.71. The molecule has 7 nitrogen and oxygen atoms in total. The van der Waals surface area contributed by atoms with Crippen LogP contribution in [0.25, 0.3) is 0 Å². The van der Waals surface area contributed by atoms with Crippen LogP contribution in [0.2, 0.25) is 0 Å². The van der Waals surface area contributed by atoms with Gasteiger partial charge in [0.25, 0.3) is 0 Å². The van der Waals surface area contributed by atoms with E-state index in [1.54, 1.807) is 27.3 Å². The topological polar surface area (TPSA) is 68.8 Å². The van der Waals surface area contributed by atoms with Crippen LogP contribution in [0.5, 0.6) is 0 Å². The van der Waals surface area contributed by atoms with Crippen molar-refractivity contribution in [2.45, 2.75) is 91.6 Å². The summed E-state index contributed by atoms with van der Waals surface area (Å²) in [5, 5.41) is 10.9. The van der Waals surface area contributed by atoms with Crippen molar-refractivity contribution < 1.29 is 13.5 Å². The van der Waals surface area contributed by atoms with Gasteiger partial charge in [-0.3, -0.25) is 5.10 Å². The lowest BCUT2D eigenvalue weighted by Crippen LogP contribution is -2.37. The molecule has 1 unspecified atom stereocenters. The van der Waals surface area contributed by atoms with Crippen molar-refractivity contribution in [2.75, 3.05) is 37.2 Å². The first-order chi connectivity index (χ1) is 22.0. The van der Waals surface area contributed by atoms with Crippen molar-refractivity contribution in [1.82, 2.24) is 15.1 Å². The van der Waals surface area contributed by atoms with Crippen LogP contribution < -0.4 is 10.2 Å². The highest BCUT2D eigenvalue weighted by molar-refractivity contribution is 7.98. The Morgan fingerprint density at radius 2 is 1.87 bits per heavy atom. The first kappa shape index (κ1) is 37.1. The molecule has 46 heavy (non-hydrogen) atoms. The number of methoxy groups -OCH3 is 1. The molecule has 0 radical (unpaired) electrons. The summed E-state index contributed by atoms with van der Waals surface area (Å²) in [5.41, 5.74) is 6.29. The molecule has 2 aromatic rings. The zero-order valence-electron chi connectivity index (χ0n) is 29.3. The predicted octanol–water partition coefficient (Wildman–Crippen LogP) is 9.59. The molecule has 0 amide bonds. The SMILES string of the molecule is C=C1CCC(OC)CN1C(=C\C)/C(=C(/C)CC)C(=C(\N=C(/C)N(C)c1c(F)cc(SC)cc1F)Nc1cc(C)[nH]n1)/C1CC1.CC. The summed E-state index contributed by atoms with van der Waals surface area (Å²) in [7, 11) is 3.40. The fourth-order valence-corrected chi connectivity index (χ4v) is 6.01. The van der Waals surface area contributed by atoms with Crippen LogP contribution in [0.15, 0.2) is 74.7 Å². The third-order valence-corrected chi connectivity index (χ3v) is 9.12. The average molecular weight is 655 g/mol. The minimum atomic E-state index is -0.634. The maximum absolute atomic E-state index is 15.2. The summed E-state index contributed by atoms with van der Waals surface area (Å²) in [4.78, 5) is 9.37. The van der Waals surface area contributed by atoms with Gasteiger partial charge in [-0.1, -0.05) is 39.0 Å². The van der Waals surface area contributed by atoms with Crippen molar-refractivity contribution in [1.29, 1.82) is 0 Å². The lowest BCUT2D eigenvalue weighted by Gasteiger charge is -2.39. The van der Waals surface area contributed by atoms with Gasteiger partial charge >= 0.3 is 0 Å². The average Bonchev–Trinajstić information content (AvgIpc) is 3.81. The number of hydrogen-bond donors (Lipinski definition) is 2. The molecule has 4 rings (SSSR count). The third-order valence-electron chi connectivity index (χ3n) is 8.42. The number of aromatic amines is 1. The number of aryl methyl sites for hydroxylation is 1. The summed E-state index contributed by atoms with van der Waals surface area (Å²) in [5.74, 6) is 0.656. The fraction of sp³-hybridized carbons (Fsp3) is 0.500. The van der Waals surface area contributed by atoms with Gasteiger partial charge in [0.05, 0.1) is 6.10 Å². The summed E-state index contributed by atoms with van der Waals surface area (Å²) in [6, 6.07) is 4.63. The number of piperidine rings is 1. The van der Waals surface area contributed by atoms with E-state index in [0.717, 1.165) is 60.3 Å². The Balaban J connectivity index is 0.00000282. The van der Waals surface area contributed by atoms with E-state index >= 15 is 8.78 Å². The molecular formula is C36H52F2N6OS. The number of likely N-dealkylation sites (tertiary alicyclic amines) is 1. The van der Waals surface area contributed by atoms with Crippen molar-refractivity contribution in [2.24, 2.45) is 10.9 Å². The molecule has 1 saturated heterocycles. The highest BCUT2D eigenvalue weighted by Gasteiger charge is 2.36. The Morgan fingerprint density at radius 1 is 1.22 bits per heavy atom. The number of aromatic nitrogens is 2. The maximum Gasteiger partial charge on any atom is 0.153 e. The second-order valence-electron chi connectivity index (χ2n) is 11.5. The Hall–Kier alpha value is -3.37. The molecule has 0 spiro atoms. The lowest BCUT2D eigenvalue weighted by atomic mass is 9.90. The van der Waals surface area contributed by atoms with Crippen LogP contribution in [0.1, 0.15) is 79.3 Å². The van der Waals surface area contributed by atoms with Gasteiger partial charge in [-0.05, 0) is 84.1 Å². The number of nitrogens with zero attached hydrogens (tertiary/aromatic N) is 4. The van der Waals surface area contributed by atoms with Crippen LogP contribution in [0.3, 0.4) is 0 Å². The molecular weight excluding hydrogens is 602 g/mol.